The maximum absolute atomic E-state index is 4.63. The van der Waals surface area contributed by atoms with Gasteiger partial charge in [-0.2, -0.15) is 0 Å². The van der Waals surface area contributed by atoms with Gasteiger partial charge < -0.3 is 14.8 Å². The van der Waals surface area contributed by atoms with Crippen LogP contribution in [-0.2, 0) is 0 Å². The molecule has 19 heavy (non-hydrogen) atoms. The van der Waals surface area contributed by atoms with Gasteiger partial charge in [-0.25, -0.2) is 4.98 Å². The summed E-state index contributed by atoms with van der Waals surface area (Å²) in [6.07, 6.45) is 10.0. The molecule has 1 N–H and O–H groups in total. The Bertz CT molecular complexity index is 377. The minimum absolute atomic E-state index is 0.672. The van der Waals surface area contributed by atoms with Gasteiger partial charge in [0.05, 0.1) is 5.69 Å². The third-order valence-electron chi connectivity index (χ3n) is 3.89. The molecule has 1 fully saturated rings. The van der Waals surface area contributed by atoms with E-state index in [1.807, 2.05) is 0 Å². The Balaban J connectivity index is 1.82. The molecular formula is C15H28N4. The van der Waals surface area contributed by atoms with Gasteiger partial charge in [0.25, 0.3) is 0 Å². The predicted octanol–water partition coefficient (Wildman–Crippen LogP) is 3.06. The van der Waals surface area contributed by atoms with Gasteiger partial charge in [-0.05, 0) is 53.2 Å². The number of nitrogens with zero attached hydrogens (tertiary/aromatic N) is 3. The fraction of sp³-hybridized carbons (Fsp3) is 0.800. The molecule has 1 heterocycles. The summed E-state index contributed by atoms with van der Waals surface area (Å²) in [7, 11) is 4.26. The van der Waals surface area contributed by atoms with E-state index in [9.17, 15) is 0 Å². The molecule has 0 spiro atoms. The van der Waals surface area contributed by atoms with Crippen molar-refractivity contribution in [1.82, 2.24) is 14.5 Å². The van der Waals surface area contributed by atoms with Crippen molar-refractivity contribution in [3.8, 4) is 0 Å². The normalized spacial score (nSPS) is 16.4. The molecule has 0 aromatic carbocycles. The van der Waals surface area contributed by atoms with Gasteiger partial charge in [-0.3, -0.25) is 0 Å². The number of nitrogens with one attached hydrogen (secondary N) is 1. The first-order valence-electron chi connectivity index (χ1n) is 7.61. The fourth-order valence-electron chi connectivity index (χ4n) is 2.86. The van der Waals surface area contributed by atoms with E-state index >= 15 is 0 Å². The van der Waals surface area contributed by atoms with Crippen LogP contribution in [0.3, 0.4) is 0 Å². The van der Waals surface area contributed by atoms with Crippen LogP contribution in [0.15, 0.2) is 6.20 Å². The van der Waals surface area contributed by atoms with Gasteiger partial charge >= 0.3 is 0 Å². The first-order chi connectivity index (χ1) is 9.16. The summed E-state index contributed by atoms with van der Waals surface area (Å²) in [6.45, 7) is 4.28. The van der Waals surface area contributed by atoms with Gasteiger partial charge in [0.15, 0.2) is 0 Å². The second kappa shape index (κ2) is 6.94. The molecule has 0 aliphatic heterocycles. The number of anilines is 1. The van der Waals surface area contributed by atoms with Crippen molar-refractivity contribution >= 4 is 5.95 Å². The van der Waals surface area contributed by atoms with Crippen molar-refractivity contribution in [3.05, 3.63) is 11.9 Å². The Morgan fingerprint density at radius 2 is 2.05 bits per heavy atom. The molecule has 1 aromatic heterocycles. The molecule has 4 heteroatoms. The average Bonchev–Trinajstić information content (AvgIpc) is 2.97. The SMILES string of the molecule is Cc1cn(C2CCCC2)c(NCCCCN(C)C)n1. The first kappa shape index (κ1) is 14.4. The number of aryl methyl sites for hydroxylation is 1. The Kier molecular flexibility index (Phi) is 5.25. The Morgan fingerprint density at radius 1 is 1.32 bits per heavy atom. The van der Waals surface area contributed by atoms with E-state index in [-0.39, 0.29) is 0 Å². The monoisotopic (exact) mass is 264 g/mol. The molecule has 1 aromatic rings. The molecule has 0 bridgehead atoms. The van der Waals surface area contributed by atoms with Crippen molar-refractivity contribution in [1.29, 1.82) is 0 Å². The van der Waals surface area contributed by atoms with Crippen LogP contribution < -0.4 is 5.32 Å². The van der Waals surface area contributed by atoms with E-state index in [4.69, 9.17) is 0 Å². The summed E-state index contributed by atoms with van der Waals surface area (Å²) >= 11 is 0. The quantitative estimate of drug-likeness (QED) is 0.768. The summed E-state index contributed by atoms with van der Waals surface area (Å²) in [5.74, 6) is 1.08. The maximum atomic E-state index is 4.63. The molecule has 2 rings (SSSR count). The van der Waals surface area contributed by atoms with E-state index in [2.05, 4.69) is 47.0 Å². The number of aromatic nitrogens is 2. The van der Waals surface area contributed by atoms with Crippen molar-refractivity contribution in [2.45, 2.75) is 51.5 Å². The van der Waals surface area contributed by atoms with Crippen LogP contribution in [0, 0.1) is 6.92 Å². The number of rotatable bonds is 7. The van der Waals surface area contributed by atoms with Crippen molar-refractivity contribution in [3.63, 3.8) is 0 Å². The zero-order chi connectivity index (χ0) is 13.7. The minimum Gasteiger partial charge on any atom is -0.356 e. The summed E-state index contributed by atoms with van der Waals surface area (Å²) in [5, 5.41) is 3.52. The predicted molar refractivity (Wildman–Crippen MR) is 80.7 cm³/mol. The summed E-state index contributed by atoms with van der Waals surface area (Å²) < 4.78 is 2.37. The number of imidazole rings is 1. The summed E-state index contributed by atoms with van der Waals surface area (Å²) in [5.41, 5.74) is 1.13. The maximum Gasteiger partial charge on any atom is 0.203 e. The molecule has 1 aliphatic carbocycles. The minimum atomic E-state index is 0.672. The highest BCUT2D eigenvalue weighted by Gasteiger charge is 2.19. The lowest BCUT2D eigenvalue weighted by atomic mass is 10.2. The highest BCUT2D eigenvalue weighted by molar-refractivity contribution is 5.29. The fourth-order valence-corrected chi connectivity index (χ4v) is 2.86. The van der Waals surface area contributed by atoms with Crippen LogP contribution >= 0.6 is 0 Å². The molecular weight excluding hydrogens is 236 g/mol. The van der Waals surface area contributed by atoms with E-state index < -0.39 is 0 Å². The van der Waals surface area contributed by atoms with Gasteiger partial charge in [-0.15, -0.1) is 0 Å². The molecule has 0 atom stereocenters. The number of hydrogen-bond donors (Lipinski definition) is 1. The van der Waals surface area contributed by atoms with Crippen molar-refractivity contribution < 1.29 is 0 Å². The topological polar surface area (TPSA) is 33.1 Å². The molecule has 1 aliphatic rings. The third-order valence-corrected chi connectivity index (χ3v) is 3.89. The van der Waals surface area contributed by atoms with Crippen LogP contribution in [0.2, 0.25) is 0 Å². The van der Waals surface area contributed by atoms with Gasteiger partial charge in [-0.1, -0.05) is 12.8 Å². The Hall–Kier alpha value is -1.03. The second-order valence-corrected chi connectivity index (χ2v) is 5.99. The van der Waals surface area contributed by atoms with E-state index in [1.165, 1.54) is 38.5 Å². The number of unbranched alkanes of at least 4 members (excludes halogenated alkanes) is 1. The summed E-state index contributed by atoms with van der Waals surface area (Å²) in [4.78, 5) is 6.87. The lowest BCUT2D eigenvalue weighted by molar-refractivity contribution is 0.396. The first-order valence-corrected chi connectivity index (χ1v) is 7.61. The van der Waals surface area contributed by atoms with Gasteiger partial charge in [0.1, 0.15) is 0 Å². The highest BCUT2D eigenvalue weighted by atomic mass is 15.2. The molecule has 0 amide bonds. The molecule has 0 radical (unpaired) electrons. The van der Waals surface area contributed by atoms with Crippen LogP contribution in [-0.4, -0.2) is 41.6 Å². The van der Waals surface area contributed by atoms with E-state index in [1.54, 1.807) is 0 Å². The lowest BCUT2D eigenvalue weighted by Crippen LogP contribution is -2.15. The van der Waals surface area contributed by atoms with Crippen LogP contribution in [0.4, 0.5) is 5.95 Å². The third kappa shape index (κ3) is 4.23. The van der Waals surface area contributed by atoms with Crippen LogP contribution in [0.5, 0.6) is 0 Å². The highest BCUT2D eigenvalue weighted by Crippen LogP contribution is 2.32. The smallest absolute Gasteiger partial charge is 0.203 e. The van der Waals surface area contributed by atoms with E-state index in [0.717, 1.165) is 24.7 Å². The zero-order valence-electron chi connectivity index (χ0n) is 12.7. The molecule has 0 saturated heterocycles. The molecule has 4 nitrogen and oxygen atoms in total. The molecule has 108 valence electrons. The van der Waals surface area contributed by atoms with Crippen LogP contribution in [0.1, 0.15) is 50.3 Å². The average molecular weight is 264 g/mol. The van der Waals surface area contributed by atoms with E-state index in [0.29, 0.717) is 6.04 Å². The summed E-state index contributed by atoms with van der Waals surface area (Å²) in [6, 6.07) is 0.672. The Labute approximate surface area is 117 Å². The van der Waals surface area contributed by atoms with Crippen molar-refractivity contribution in [2.24, 2.45) is 0 Å². The zero-order valence-corrected chi connectivity index (χ0v) is 12.7. The Morgan fingerprint density at radius 3 is 2.74 bits per heavy atom. The molecule has 1 saturated carbocycles. The van der Waals surface area contributed by atoms with Crippen LogP contribution in [0.25, 0.3) is 0 Å². The largest absolute Gasteiger partial charge is 0.356 e. The van der Waals surface area contributed by atoms with Gasteiger partial charge in [0.2, 0.25) is 5.95 Å². The van der Waals surface area contributed by atoms with Gasteiger partial charge in [0, 0.05) is 18.8 Å². The lowest BCUT2D eigenvalue weighted by Gasteiger charge is -2.16. The standard InChI is InChI=1S/C15H28N4/c1-13-12-19(14-8-4-5-9-14)15(17-13)16-10-6-7-11-18(2)3/h12,14H,4-11H2,1-3H3,(H,16,17). The number of hydrogen-bond acceptors (Lipinski definition) is 3. The van der Waals surface area contributed by atoms with Crippen molar-refractivity contribution in [2.75, 3.05) is 32.5 Å². The second-order valence-electron chi connectivity index (χ2n) is 5.99. The molecule has 0 unspecified atom stereocenters.